The fourth-order valence-electron chi connectivity index (χ4n) is 2.69. The minimum absolute atomic E-state index is 0.0171. The molecule has 2 N–H and O–H groups in total. The summed E-state index contributed by atoms with van der Waals surface area (Å²) in [5.41, 5.74) is 4.74. The number of hydrogen-bond donors (Lipinski definition) is 2. The molecule has 0 spiro atoms. The van der Waals surface area contributed by atoms with E-state index < -0.39 is 0 Å². The normalized spacial score (nSPS) is 10.4. The van der Waals surface area contributed by atoms with E-state index in [1.54, 1.807) is 25.3 Å². The Bertz CT molecular complexity index is 939. The van der Waals surface area contributed by atoms with Gasteiger partial charge >= 0.3 is 0 Å². The Morgan fingerprint density at radius 1 is 1.12 bits per heavy atom. The second-order valence-electron chi connectivity index (χ2n) is 6.01. The van der Waals surface area contributed by atoms with Crippen LogP contribution < -0.4 is 10.6 Å². The third-order valence-electron chi connectivity index (χ3n) is 4.08. The van der Waals surface area contributed by atoms with Gasteiger partial charge in [0.05, 0.1) is 6.20 Å². The van der Waals surface area contributed by atoms with Gasteiger partial charge < -0.3 is 10.6 Å². The van der Waals surface area contributed by atoms with Gasteiger partial charge in [-0.1, -0.05) is 37.3 Å². The molecule has 0 aliphatic rings. The maximum Gasteiger partial charge on any atom is 0.249 e. The zero-order chi connectivity index (χ0) is 18.5. The van der Waals surface area contributed by atoms with Crippen molar-refractivity contribution in [3.8, 4) is 0 Å². The monoisotopic (exact) mass is 347 g/mol. The molecule has 0 unspecified atom stereocenters. The highest BCUT2D eigenvalue weighted by Gasteiger charge is 2.08. The maximum absolute atomic E-state index is 11.5. The number of anilines is 4. The van der Waals surface area contributed by atoms with Crippen LogP contribution in [0.4, 0.5) is 23.1 Å². The van der Waals surface area contributed by atoms with Gasteiger partial charge in [-0.05, 0) is 43.5 Å². The second-order valence-corrected chi connectivity index (χ2v) is 6.01. The molecule has 0 fully saturated rings. The Morgan fingerprint density at radius 2 is 1.92 bits per heavy atom. The van der Waals surface area contributed by atoms with Gasteiger partial charge in [0.25, 0.3) is 0 Å². The average Bonchev–Trinajstić information content (AvgIpc) is 2.64. The van der Waals surface area contributed by atoms with E-state index in [1.165, 1.54) is 5.56 Å². The zero-order valence-electron chi connectivity index (χ0n) is 15.1. The molecule has 2 aromatic carbocycles. The van der Waals surface area contributed by atoms with Crippen LogP contribution in [-0.4, -0.2) is 21.0 Å². The quantitative estimate of drug-likeness (QED) is 0.642. The summed E-state index contributed by atoms with van der Waals surface area (Å²) in [6, 6.07) is 13.4. The molecule has 0 atom stereocenters. The number of nitrogens with zero attached hydrogens (tertiary/aromatic N) is 3. The van der Waals surface area contributed by atoms with Crippen LogP contribution in [-0.2, 0) is 6.42 Å². The summed E-state index contributed by atoms with van der Waals surface area (Å²) < 4.78 is 0. The Hall–Kier alpha value is -3.28. The molecule has 6 nitrogen and oxygen atoms in total. The van der Waals surface area contributed by atoms with Crippen molar-refractivity contribution >= 4 is 28.9 Å². The Kier molecular flexibility index (Phi) is 5.22. The molecule has 26 heavy (non-hydrogen) atoms. The molecule has 3 aromatic rings. The first kappa shape index (κ1) is 17.5. The molecular formula is C20H21N5O. The van der Waals surface area contributed by atoms with Crippen LogP contribution in [0.15, 0.2) is 48.7 Å². The Labute approximate surface area is 152 Å². The lowest BCUT2D eigenvalue weighted by Crippen LogP contribution is -2.05. The van der Waals surface area contributed by atoms with Gasteiger partial charge in [-0.2, -0.15) is 10.1 Å². The van der Waals surface area contributed by atoms with E-state index in [9.17, 15) is 4.79 Å². The fourth-order valence-corrected chi connectivity index (χ4v) is 2.69. The summed E-state index contributed by atoms with van der Waals surface area (Å²) in [7, 11) is 0. The molecule has 1 heterocycles. The van der Waals surface area contributed by atoms with Gasteiger partial charge in [-0.3, -0.25) is 4.79 Å². The molecule has 3 rings (SSSR count). The number of ketones is 1. The number of Topliss-reactive ketones (excluding diaryl/α,β-unsaturated/α-hetero) is 1. The predicted octanol–water partition coefficient (Wildman–Crippen LogP) is 4.43. The van der Waals surface area contributed by atoms with Gasteiger partial charge in [0.15, 0.2) is 11.6 Å². The van der Waals surface area contributed by atoms with Crippen LogP contribution in [0.25, 0.3) is 0 Å². The standard InChI is InChI=1S/C20H21N5O/c1-4-15-8-5-7-13(2)19(15)24-20-23-18(12-21-25-20)22-17-10-6-9-16(11-17)14(3)26/h5-12H,4H2,1-3H3,(H2,22,23,24,25). The summed E-state index contributed by atoms with van der Waals surface area (Å²) in [5, 5.41) is 14.5. The van der Waals surface area contributed by atoms with Gasteiger partial charge in [0, 0.05) is 16.9 Å². The molecule has 0 aliphatic carbocycles. The van der Waals surface area contributed by atoms with E-state index in [0.717, 1.165) is 23.4 Å². The molecular weight excluding hydrogens is 326 g/mol. The molecule has 0 radical (unpaired) electrons. The van der Waals surface area contributed by atoms with Crippen LogP contribution in [0.2, 0.25) is 0 Å². The third kappa shape index (κ3) is 4.03. The van der Waals surface area contributed by atoms with Crippen LogP contribution in [0.1, 0.15) is 35.3 Å². The molecule has 132 valence electrons. The summed E-state index contributed by atoms with van der Waals surface area (Å²) in [4.78, 5) is 16.0. The first-order chi connectivity index (χ1) is 12.6. The summed E-state index contributed by atoms with van der Waals surface area (Å²) in [6.45, 7) is 5.70. The van der Waals surface area contributed by atoms with Crippen molar-refractivity contribution in [2.24, 2.45) is 0 Å². The topological polar surface area (TPSA) is 79.8 Å². The highest BCUT2D eigenvalue weighted by atomic mass is 16.1. The highest BCUT2D eigenvalue weighted by molar-refractivity contribution is 5.95. The lowest BCUT2D eigenvalue weighted by atomic mass is 10.1. The van der Waals surface area contributed by atoms with Crippen molar-refractivity contribution in [3.05, 3.63) is 65.4 Å². The minimum atomic E-state index is 0.0171. The average molecular weight is 347 g/mol. The number of nitrogens with one attached hydrogen (secondary N) is 2. The lowest BCUT2D eigenvalue weighted by molar-refractivity contribution is 0.101. The number of para-hydroxylation sites is 1. The SMILES string of the molecule is CCc1cccc(C)c1Nc1nncc(Nc2cccc(C(C)=O)c2)n1. The van der Waals surface area contributed by atoms with Gasteiger partial charge in [-0.15, -0.1) is 5.10 Å². The van der Waals surface area contributed by atoms with E-state index in [4.69, 9.17) is 0 Å². The lowest BCUT2D eigenvalue weighted by Gasteiger charge is -2.13. The number of aryl methyl sites for hydroxylation is 2. The smallest absolute Gasteiger partial charge is 0.249 e. The van der Waals surface area contributed by atoms with Gasteiger partial charge in [-0.25, -0.2) is 0 Å². The van der Waals surface area contributed by atoms with E-state index in [-0.39, 0.29) is 5.78 Å². The second kappa shape index (κ2) is 7.74. The number of aromatic nitrogens is 3. The first-order valence-corrected chi connectivity index (χ1v) is 8.50. The van der Waals surface area contributed by atoms with Crippen LogP contribution in [0.3, 0.4) is 0 Å². The van der Waals surface area contributed by atoms with E-state index >= 15 is 0 Å². The summed E-state index contributed by atoms with van der Waals surface area (Å²) in [6.07, 6.45) is 2.46. The van der Waals surface area contributed by atoms with Crippen LogP contribution in [0.5, 0.6) is 0 Å². The van der Waals surface area contributed by atoms with Crippen molar-refractivity contribution in [1.29, 1.82) is 0 Å². The predicted molar refractivity (Wildman–Crippen MR) is 103 cm³/mol. The van der Waals surface area contributed by atoms with Crippen molar-refractivity contribution < 1.29 is 4.79 Å². The van der Waals surface area contributed by atoms with E-state index in [1.807, 2.05) is 31.2 Å². The van der Waals surface area contributed by atoms with Crippen LogP contribution >= 0.6 is 0 Å². The van der Waals surface area contributed by atoms with Crippen molar-refractivity contribution in [2.45, 2.75) is 27.2 Å². The van der Waals surface area contributed by atoms with E-state index in [0.29, 0.717) is 17.3 Å². The number of hydrogen-bond acceptors (Lipinski definition) is 6. The molecule has 1 aromatic heterocycles. The number of rotatable bonds is 6. The van der Waals surface area contributed by atoms with Crippen molar-refractivity contribution in [1.82, 2.24) is 15.2 Å². The molecule has 6 heteroatoms. The van der Waals surface area contributed by atoms with Crippen LogP contribution in [0, 0.1) is 6.92 Å². The van der Waals surface area contributed by atoms with Crippen molar-refractivity contribution in [3.63, 3.8) is 0 Å². The number of carbonyl (C=O) groups is 1. The molecule has 0 saturated heterocycles. The molecule has 0 saturated carbocycles. The molecule has 0 bridgehead atoms. The molecule has 0 aliphatic heterocycles. The van der Waals surface area contributed by atoms with Gasteiger partial charge in [0.1, 0.15) is 0 Å². The number of benzene rings is 2. The Balaban J connectivity index is 1.83. The summed E-state index contributed by atoms with van der Waals surface area (Å²) in [5.74, 6) is 0.986. The molecule has 0 amide bonds. The van der Waals surface area contributed by atoms with Crippen molar-refractivity contribution in [2.75, 3.05) is 10.6 Å². The minimum Gasteiger partial charge on any atom is -0.339 e. The number of carbonyl (C=O) groups excluding carboxylic acids is 1. The zero-order valence-corrected chi connectivity index (χ0v) is 15.1. The summed E-state index contributed by atoms with van der Waals surface area (Å²) >= 11 is 0. The highest BCUT2D eigenvalue weighted by Crippen LogP contribution is 2.24. The third-order valence-corrected chi connectivity index (χ3v) is 4.08. The first-order valence-electron chi connectivity index (χ1n) is 8.50. The fraction of sp³-hybridized carbons (Fsp3) is 0.200. The van der Waals surface area contributed by atoms with Gasteiger partial charge in [0.2, 0.25) is 5.95 Å². The largest absolute Gasteiger partial charge is 0.339 e. The Morgan fingerprint density at radius 3 is 2.69 bits per heavy atom. The maximum atomic E-state index is 11.5. The van der Waals surface area contributed by atoms with E-state index in [2.05, 4.69) is 38.8 Å².